The van der Waals surface area contributed by atoms with Crippen LogP contribution in [0, 0.1) is 0 Å². The van der Waals surface area contributed by atoms with Gasteiger partial charge in [0.15, 0.2) is 0 Å². The number of rotatable bonds is 7. The Morgan fingerprint density at radius 1 is 1.47 bits per heavy atom. The average Bonchev–Trinajstić information content (AvgIpc) is 2.72. The van der Waals surface area contributed by atoms with Gasteiger partial charge in [0.2, 0.25) is 0 Å². The highest BCUT2D eigenvalue weighted by Gasteiger charge is 2.29. The molecule has 0 aromatic carbocycles. The zero-order valence-corrected chi connectivity index (χ0v) is 14.6. The summed E-state index contributed by atoms with van der Waals surface area (Å²) in [4.78, 5) is 3.53. The van der Waals surface area contributed by atoms with E-state index in [9.17, 15) is 5.11 Å². The van der Waals surface area contributed by atoms with Gasteiger partial charge >= 0.3 is 0 Å². The van der Waals surface area contributed by atoms with Crippen LogP contribution in [0.4, 0.5) is 0 Å². The predicted molar refractivity (Wildman–Crippen MR) is 86.6 cm³/mol. The maximum Gasteiger partial charge on any atom is 0.0718 e. The van der Waals surface area contributed by atoms with Crippen molar-refractivity contribution in [1.29, 1.82) is 0 Å². The Balaban J connectivity index is 3.01. The second kappa shape index (κ2) is 7.18. The van der Waals surface area contributed by atoms with E-state index < -0.39 is 5.60 Å². The molecule has 0 bridgehead atoms. The van der Waals surface area contributed by atoms with Crippen LogP contribution in [0.1, 0.15) is 45.0 Å². The summed E-state index contributed by atoms with van der Waals surface area (Å²) >= 11 is 5.23. The molecule has 2 atom stereocenters. The zero-order chi connectivity index (χ0) is 14.6. The lowest BCUT2D eigenvalue weighted by Crippen LogP contribution is -2.46. The SMILES string of the molecule is CCC(N)C(c1cc(Br)cs1)N(CC)CC(C)(C)O. The van der Waals surface area contributed by atoms with Crippen molar-refractivity contribution < 1.29 is 5.11 Å². The third kappa shape index (κ3) is 5.16. The van der Waals surface area contributed by atoms with E-state index in [2.05, 4.69) is 46.1 Å². The number of halogens is 1. The van der Waals surface area contributed by atoms with Gasteiger partial charge in [-0.3, -0.25) is 4.90 Å². The molecule has 0 aliphatic carbocycles. The topological polar surface area (TPSA) is 49.5 Å². The van der Waals surface area contributed by atoms with Gasteiger partial charge < -0.3 is 10.8 Å². The van der Waals surface area contributed by atoms with Crippen LogP contribution in [0.5, 0.6) is 0 Å². The van der Waals surface area contributed by atoms with Crippen LogP contribution in [0.3, 0.4) is 0 Å². The summed E-state index contributed by atoms with van der Waals surface area (Å²) in [5.41, 5.74) is 5.61. The predicted octanol–water partition coefficient (Wildman–Crippen LogP) is 3.38. The largest absolute Gasteiger partial charge is 0.389 e. The molecule has 0 amide bonds. The van der Waals surface area contributed by atoms with Crippen LogP contribution in [-0.4, -0.2) is 34.7 Å². The Kier molecular flexibility index (Phi) is 6.47. The Bertz CT molecular complexity index is 389. The Morgan fingerprint density at radius 3 is 2.47 bits per heavy atom. The van der Waals surface area contributed by atoms with Crippen molar-refractivity contribution in [1.82, 2.24) is 4.90 Å². The van der Waals surface area contributed by atoms with Gasteiger partial charge in [-0.2, -0.15) is 0 Å². The molecule has 5 heteroatoms. The Labute approximate surface area is 128 Å². The molecule has 1 aromatic heterocycles. The number of thiophene rings is 1. The lowest BCUT2D eigenvalue weighted by molar-refractivity contribution is 0.0180. The van der Waals surface area contributed by atoms with E-state index in [1.807, 2.05) is 13.8 Å². The van der Waals surface area contributed by atoms with Crippen molar-refractivity contribution in [2.45, 2.75) is 51.8 Å². The minimum Gasteiger partial charge on any atom is -0.389 e. The third-order valence-corrected chi connectivity index (χ3v) is 4.91. The molecular formula is C14H25BrN2OS. The normalized spacial score (nSPS) is 15.8. The Morgan fingerprint density at radius 2 is 2.11 bits per heavy atom. The number of aliphatic hydroxyl groups is 1. The molecule has 0 aliphatic rings. The van der Waals surface area contributed by atoms with Crippen LogP contribution in [-0.2, 0) is 0 Å². The molecule has 19 heavy (non-hydrogen) atoms. The second-order valence-corrected chi connectivity index (χ2v) is 7.42. The first-order chi connectivity index (χ1) is 8.78. The molecule has 1 rings (SSSR count). The number of nitrogens with two attached hydrogens (primary N) is 1. The molecule has 0 spiro atoms. The fraction of sp³-hybridized carbons (Fsp3) is 0.714. The van der Waals surface area contributed by atoms with Gasteiger partial charge in [-0.15, -0.1) is 11.3 Å². The van der Waals surface area contributed by atoms with E-state index in [1.165, 1.54) is 4.88 Å². The van der Waals surface area contributed by atoms with Gasteiger partial charge in [0.25, 0.3) is 0 Å². The molecule has 0 saturated heterocycles. The van der Waals surface area contributed by atoms with Crippen LogP contribution in [0.15, 0.2) is 15.9 Å². The fourth-order valence-electron chi connectivity index (χ4n) is 2.27. The van der Waals surface area contributed by atoms with E-state index in [-0.39, 0.29) is 12.1 Å². The van der Waals surface area contributed by atoms with Crippen molar-refractivity contribution >= 4 is 27.3 Å². The van der Waals surface area contributed by atoms with E-state index in [4.69, 9.17) is 5.73 Å². The molecule has 0 aliphatic heterocycles. The molecule has 3 N–H and O–H groups in total. The van der Waals surface area contributed by atoms with Crippen LogP contribution < -0.4 is 5.73 Å². The average molecular weight is 349 g/mol. The number of nitrogens with zero attached hydrogens (tertiary/aromatic N) is 1. The summed E-state index contributed by atoms with van der Waals surface area (Å²) in [7, 11) is 0. The van der Waals surface area contributed by atoms with Crippen LogP contribution in [0.25, 0.3) is 0 Å². The number of likely N-dealkylation sites (N-methyl/N-ethyl adjacent to an activating group) is 1. The summed E-state index contributed by atoms with van der Waals surface area (Å²) in [5, 5.41) is 12.2. The first-order valence-corrected chi connectivity index (χ1v) is 8.41. The summed E-state index contributed by atoms with van der Waals surface area (Å²) in [6.45, 7) is 9.40. The number of hydrogen-bond donors (Lipinski definition) is 2. The number of hydrogen-bond acceptors (Lipinski definition) is 4. The van der Waals surface area contributed by atoms with Crippen molar-refractivity contribution in [2.75, 3.05) is 13.1 Å². The summed E-state index contributed by atoms with van der Waals surface area (Å²) in [6.07, 6.45) is 0.919. The monoisotopic (exact) mass is 348 g/mol. The van der Waals surface area contributed by atoms with E-state index in [1.54, 1.807) is 11.3 Å². The Hall–Kier alpha value is 0.0600. The van der Waals surface area contributed by atoms with E-state index >= 15 is 0 Å². The molecule has 0 saturated carbocycles. The summed E-state index contributed by atoms with van der Waals surface area (Å²) < 4.78 is 1.10. The molecular weight excluding hydrogens is 324 g/mol. The van der Waals surface area contributed by atoms with Crippen LogP contribution in [0.2, 0.25) is 0 Å². The standard InChI is InChI=1S/C14H25BrN2OS/c1-5-11(16)13(12-7-10(15)8-19-12)17(6-2)9-14(3,4)18/h7-8,11,13,18H,5-6,9,16H2,1-4H3. The summed E-state index contributed by atoms with van der Waals surface area (Å²) in [6, 6.07) is 2.38. The van der Waals surface area contributed by atoms with Gasteiger partial charge in [-0.05, 0) is 48.8 Å². The van der Waals surface area contributed by atoms with Gasteiger partial charge in [0.1, 0.15) is 0 Å². The van der Waals surface area contributed by atoms with Gasteiger partial charge in [-0.1, -0.05) is 13.8 Å². The van der Waals surface area contributed by atoms with Crippen LogP contribution >= 0.6 is 27.3 Å². The molecule has 1 aromatic rings. The van der Waals surface area contributed by atoms with Gasteiger partial charge in [0.05, 0.1) is 11.6 Å². The maximum atomic E-state index is 10.1. The van der Waals surface area contributed by atoms with Crippen molar-refractivity contribution in [2.24, 2.45) is 5.73 Å². The van der Waals surface area contributed by atoms with Crippen molar-refractivity contribution in [3.05, 3.63) is 20.8 Å². The molecule has 3 nitrogen and oxygen atoms in total. The highest BCUT2D eigenvalue weighted by molar-refractivity contribution is 9.10. The van der Waals surface area contributed by atoms with E-state index in [0.29, 0.717) is 6.54 Å². The third-order valence-electron chi connectivity index (χ3n) is 3.15. The summed E-state index contributed by atoms with van der Waals surface area (Å²) in [5.74, 6) is 0. The highest BCUT2D eigenvalue weighted by Crippen LogP contribution is 2.32. The first-order valence-electron chi connectivity index (χ1n) is 6.74. The molecule has 0 fully saturated rings. The zero-order valence-electron chi connectivity index (χ0n) is 12.2. The highest BCUT2D eigenvalue weighted by atomic mass is 79.9. The van der Waals surface area contributed by atoms with Gasteiger partial charge in [0, 0.05) is 27.3 Å². The molecule has 110 valence electrons. The lowest BCUT2D eigenvalue weighted by Gasteiger charge is -2.37. The van der Waals surface area contributed by atoms with Gasteiger partial charge in [-0.25, -0.2) is 0 Å². The second-order valence-electron chi connectivity index (χ2n) is 5.56. The fourth-order valence-corrected chi connectivity index (χ4v) is 3.93. The minimum absolute atomic E-state index is 0.0767. The molecule has 2 unspecified atom stereocenters. The lowest BCUT2D eigenvalue weighted by atomic mass is 10.0. The minimum atomic E-state index is -0.712. The molecule has 1 heterocycles. The van der Waals surface area contributed by atoms with Crippen molar-refractivity contribution in [3.63, 3.8) is 0 Å². The quantitative estimate of drug-likeness (QED) is 0.793. The smallest absolute Gasteiger partial charge is 0.0718 e. The van der Waals surface area contributed by atoms with E-state index in [0.717, 1.165) is 17.4 Å². The maximum absolute atomic E-state index is 10.1. The molecule has 0 radical (unpaired) electrons. The first kappa shape index (κ1) is 17.1. The van der Waals surface area contributed by atoms with Crippen molar-refractivity contribution in [3.8, 4) is 0 Å².